The van der Waals surface area contributed by atoms with Crippen molar-refractivity contribution in [1.82, 2.24) is 0 Å². The van der Waals surface area contributed by atoms with Gasteiger partial charge in [-0.1, -0.05) is 6.92 Å². The smallest absolute Gasteiger partial charge is 0.308 e. The van der Waals surface area contributed by atoms with Crippen LogP contribution in [-0.4, -0.2) is 18.2 Å². The molecule has 1 rings (SSSR count). The van der Waals surface area contributed by atoms with Crippen LogP contribution in [0.15, 0.2) is 12.1 Å². The van der Waals surface area contributed by atoms with Crippen LogP contribution in [0.5, 0.6) is 0 Å². The monoisotopic (exact) mass is 262 g/mol. The highest BCUT2D eigenvalue weighted by Gasteiger charge is 2.21. The summed E-state index contributed by atoms with van der Waals surface area (Å²) < 4.78 is 43.1. The lowest BCUT2D eigenvalue weighted by atomic mass is 9.98. The molecule has 0 bridgehead atoms. The normalized spacial score (nSPS) is 14.1. The minimum Gasteiger partial charge on any atom is -0.469 e. The molecule has 1 aromatic carbocycles. The average molecular weight is 262 g/mol. The lowest BCUT2D eigenvalue weighted by Crippen LogP contribution is -2.16. The van der Waals surface area contributed by atoms with E-state index < -0.39 is 35.4 Å². The molecule has 0 aromatic heterocycles. The summed E-state index contributed by atoms with van der Waals surface area (Å²) in [6.45, 7) is 1.51. The molecule has 0 fully saturated rings. The average Bonchev–Trinajstić information content (AvgIpc) is 2.33. The van der Waals surface area contributed by atoms with Gasteiger partial charge < -0.3 is 9.84 Å². The Hall–Kier alpha value is -1.56. The third-order valence-corrected chi connectivity index (χ3v) is 2.57. The van der Waals surface area contributed by atoms with Crippen molar-refractivity contribution in [1.29, 1.82) is 0 Å². The van der Waals surface area contributed by atoms with E-state index in [-0.39, 0.29) is 12.0 Å². The summed E-state index contributed by atoms with van der Waals surface area (Å²) in [5, 5.41) is 9.71. The predicted molar refractivity (Wildman–Crippen MR) is 57.1 cm³/mol. The Morgan fingerprint density at radius 2 is 1.83 bits per heavy atom. The largest absolute Gasteiger partial charge is 0.469 e. The highest BCUT2D eigenvalue weighted by molar-refractivity contribution is 5.71. The van der Waals surface area contributed by atoms with Crippen LogP contribution in [0.1, 0.15) is 25.0 Å². The lowest BCUT2D eigenvalue weighted by molar-refractivity contribution is -0.145. The topological polar surface area (TPSA) is 46.5 Å². The standard InChI is InChI=1S/C12H13F3O3/c1-6(12(17)18-2)3-10(16)7-4-8(13)11(15)9(14)5-7/h4-6,10,16H,3H2,1-2H3. The zero-order valence-electron chi connectivity index (χ0n) is 9.91. The van der Waals surface area contributed by atoms with E-state index >= 15 is 0 Å². The fourth-order valence-electron chi connectivity index (χ4n) is 1.54. The van der Waals surface area contributed by atoms with Crippen molar-refractivity contribution < 1.29 is 27.8 Å². The van der Waals surface area contributed by atoms with Crippen LogP contribution in [0.3, 0.4) is 0 Å². The first kappa shape index (κ1) is 14.5. The Balaban J connectivity index is 2.85. The number of benzene rings is 1. The van der Waals surface area contributed by atoms with E-state index in [0.29, 0.717) is 12.1 Å². The molecule has 1 aromatic rings. The van der Waals surface area contributed by atoms with Crippen LogP contribution >= 0.6 is 0 Å². The van der Waals surface area contributed by atoms with E-state index in [9.17, 15) is 23.1 Å². The molecule has 0 aliphatic heterocycles. The molecular weight excluding hydrogens is 249 g/mol. The molecule has 2 atom stereocenters. The molecule has 100 valence electrons. The SMILES string of the molecule is COC(=O)C(C)CC(O)c1cc(F)c(F)c(F)c1. The third kappa shape index (κ3) is 3.22. The Labute approximate surface area is 102 Å². The second-order valence-electron chi connectivity index (χ2n) is 3.97. The van der Waals surface area contributed by atoms with Gasteiger partial charge in [0.25, 0.3) is 0 Å². The summed E-state index contributed by atoms with van der Waals surface area (Å²) in [5.41, 5.74) is -0.123. The van der Waals surface area contributed by atoms with Crippen molar-refractivity contribution in [3.05, 3.63) is 35.1 Å². The Morgan fingerprint density at radius 1 is 1.33 bits per heavy atom. The summed E-state index contributed by atoms with van der Waals surface area (Å²) in [6, 6.07) is 1.40. The zero-order valence-corrected chi connectivity index (χ0v) is 9.91. The van der Waals surface area contributed by atoms with Gasteiger partial charge in [0.05, 0.1) is 19.1 Å². The van der Waals surface area contributed by atoms with Gasteiger partial charge in [-0.2, -0.15) is 0 Å². The number of aliphatic hydroxyl groups is 1. The van der Waals surface area contributed by atoms with Gasteiger partial charge >= 0.3 is 5.97 Å². The van der Waals surface area contributed by atoms with Crippen LogP contribution in [0, 0.1) is 23.4 Å². The fourth-order valence-corrected chi connectivity index (χ4v) is 1.54. The van der Waals surface area contributed by atoms with E-state index in [1.54, 1.807) is 0 Å². The molecule has 0 aliphatic rings. The molecule has 0 saturated heterocycles. The first-order chi connectivity index (χ1) is 8.36. The van der Waals surface area contributed by atoms with Crippen molar-refractivity contribution in [3.8, 4) is 0 Å². The second-order valence-corrected chi connectivity index (χ2v) is 3.97. The number of carbonyl (C=O) groups excluding carboxylic acids is 1. The molecule has 0 heterocycles. The van der Waals surface area contributed by atoms with Crippen LogP contribution in [0.4, 0.5) is 13.2 Å². The van der Waals surface area contributed by atoms with Crippen molar-refractivity contribution in [3.63, 3.8) is 0 Å². The summed E-state index contributed by atoms with van der Waals surface area (Å²) in [5.74, 6) is -5.53. The minimum absolute atomic E-state index is 0.0722. The van der Waals surface area contributed by atoms with Gasteiger partial charge in [0.15, 0.2) is 17.5 Å². The highest BCUT2D eigenvalue weighted by Crippen LogP contribution is 2.24. The van der Waals surface area contributed by atoms with Crippen LogP contribution in [0.25, 0.3) is 0 Å². The number of carbonyl (C=O) groups is 1. The first-order valence-corrected chi connectivity index (χ1v) is 5.27. The van der Waals surface area contributed by atoms with E-state index in [1.165, 1.54) is 14.0 Å². The van der Waals surface area contributed by atoms with E-state index in [4.69, 9.17) is 0 Å². The number of esters is 1. The van der Waals surface area contributed by atoms with Gasteiger partial charge in [0, 0.05) is 0 Å². The third-order valence-electron chi connectivity index (χ3n) is 2.57. The molecule has 1 N–H and O–H groups in total. The lowest BCUT2D eigenvalue weighted by Gasteiger charge is -2.15. The molecule has 0 spiro atoms. The maximum Gasteiger partial charge on any atom is 0.308 e. The summed E-state index contributed by atoms with van der Waals surface area (Å²) in [4.78, 5) is 11.1. The van der Waals surface area contributed by atoms with E-state index in [2.05, 4.69) is 4.74 Å². The Morgan fingerprint density at radius 3 is 2.28 bits per heavy atom. The highest BCUT2D eigenvalue weighted by atomic mass is 19.2. The molecule has 0 amide bonds. The van der Waals surface area contributed by atoms with Gasteiger partial charge in [-0.05, 0) is 24.1 Å². The maximum atomic E-state index is 12.9. The van der Waals surface area contributed by atoms with Gasteiger partial charge in [-0.15, -0.1) is 0 Å². The summed E-state index contributed by atoms with van der Waals surface area (Å²) in [6.07, 6.45) is -1.35. The Kier molecular flexibility index (Phi) is 4.72. The number of hydrogen-bond acceptors (Lipinski definition) is 3. The number of ether oxygens (including phenoxy) is 1. The summed E-state index contributed by atoms with van der Waals surface area (Å²) >= 11 is 0. The Bertz CT molecular complexity index is 425. The molecule has 18 heavy (non-hydrogen) atoms. The number of aliphatic hydroxyl groups excluding tert-OH is 1. The molecule has 0 radical (unpaired) electrons. The van der Waals surface area contributed by atoms with Crippen molar-refractivity contribution in [2.24, 2.45) is 5.92 Å². The number of hydrogen-bond donors (Lipinski definition) is 1. The van der Waals surface area contributed by atoms with E-state index in [0.717, 1.165) is 0 Å². The van der Waals surface area contributed by atoms with Crippen LogP contribution in [-0.2, 0) is 9.53 Å². The zero-order chi connectivity index (χ0) is 13.9. The quantitative estimate of drug-likeness (QED) is 0.669. The van der Waals surface area contributed by atoms with Gasteiger partial charge in [0.1, 0.15) is 0 Å². The number of methoxy groups -OCH3 is 1. The molecule has 3 nitrogen and oxygen atoms in total. The first-order valence-electron chi connectivity index (χ1n) is 5.27. The number of halogens is 3. The summed E-state index contributed by atoms with van der Waals surface area (Å²) in [7, 11) is 1.20. The second kappa shape index (κ2) is 5.86. The fraction of sp³-hybridized carbons (Fsp3) is 0.417. The van der Waals surface area contributed by atoms with Crippen LogP contribution in [0.2, 0.25) is 0 Å². The van der Waals surface area contributed by atoms with Crippen molar-refractivity contribution in [2.45, 2.75) is 19.4 Å². The van der Waals surface area contributed by atoms with E-state index in [1.807, 2.05) is 0 Å². The predicted octanol–water partition coefficient (Wildman–Crippen LogP) is 2.34. The molecule has 0 aliphatic carbocycles. The minimum atomic E-state index is -1.59. The molecule has 6 heteroatoms. The van der Waals surface area contributed by atoms with Gasteiger partial charge in [-0.25, -0.2) is 13.2 Å². The maximum absolute atomic E-state index is 12.9. The van der Waals surface area contributed by atoms with Crippen LogP contribution < -0.4 is 0 Å². The molecular formula is C12H13F3O3. The number of rotatable bonds is 4. The van der Waals surface area contributed by atoms with Crippen molar-refractivity contribution >= 4 is 5.97 Å². The van der Waals surface area contributed by atoms with Crippen molar-refractivity contribution in [2.75, 3.05) is 7.11 Å². The molecule has 2 unspecified atom stereocenters. The molecule has 0 saturated carbocycles. The van der Waals surface area contributed by atoms with Gasteiger partial charge in [-0.3, -0.25) is 4.79 Å². The van der Waals surface area contributed by atoms with Gasteiger partial charge in [0.2, 0.25) is 0 Å².